The monoisotopic (exact) mass is 534 g/mol. The van der Waals surface area contributed by atoms with Crippen molar-refractivity contribution in [2.24, 2.45) is 0 Å². The van der Waals surface area contributed by atoms with Crippen LogP contribution in [0.1, 0.15) is 38.3 Å². The molecule has 0 saturated carbocycles. The summed E-state index contributed by atoms with van der Waals surface area (Å²) < 4.78 is 11.8. The maximum absolute atomic E-state index is 12.9. The van der Waals surface area contributed by atoms with Gasteiger partial charge in [-0.05, 0) is 59.4 Å². The number of amides is 2. The number of carboxylic acid groups (broad SMARTS) is 1. The number of aryl methyl sites for hydroxylation is 1. The molecule has 7 nitrogen and oxygen atoms in total. The van der Waals surface area contributed by atoms with E-state index in [1.807, 2.05) is 60.7 Å². The predicted molar refractivity (Wildman–Crippen MR) is 155 cm³/mol. The third kappa shape index (κ3) is 7.69. The number of rotatable bonds is 10. The van der Waals surface area contributed by atoms with Crippen molar-refractivity contribution in [2.45, 2.75) is 58.4 Å². The van der Waals surface area contributed by atoms with E-state index >= 15 is 0 Å². The molecule has 202 valence electrons. The molecule has 0 aromatic heterocycles. The first kappa shape index (κ1) is 28.9. The van der Waals surface area contributed by atoms with E-state index < -0.39 is 14.4 Å². The minimum absolute atomic E-state index is 0.107. The van der Waals surface area contributed by atoms with Crippen molar-refractivity contribution in [3.05, 3.63) is 77.9 Å². The average molecular weight is 535 g/mol. The number of hydrogen-bond acceptors (Lipinski definition) is 4. The minimum Gasteiger partial charge on any atom is -0.495 e. The van der Waals surface area contributed by atoms with Crippen LogP contribution in [0, 0.1) is 0 Å². The number of nitrogens with one attached hydrogen (secondary N) is 2. The fraction of sp³-hybridized carbons (Fsp3) is 0.333. The molecule has 0 saturated heterocycles. The zero-order valence-electron chi connectivity index (χ0n) is 23.1. The minimum atomic E-state index is -1.91. The van der Waals surface area contributed by atoms with Crippen LogP contribution in [-0.2, 0) is 22.2 Å². The number of benzene rings is 3. The van der Waals surface area contributed by atoms with Crippen LogP contribution in [0.3, 0.4) is 0 Å². The molecule has 0 fully saturated rings. The quantitative estimate of drug-likeness (QED) is 0.233. The fourth-order valence-corrected chi connectivity index (χ4v) is 4.69. The van der Waals surface area contributed by atoms with Gasteiger partial charge >= 0.3 is 6.09 Å². The van der Waals surface area contributed by atoms with E-state index in [9.17, 15) is 14.7 Å². The zero-order valence-corrected chi connectivity index (χ0v) is 24.1. The Labute approximate surface area is 226 Å². The lowest BCUT2D eigenvalue weighted by molar-refractivity contribution is -0.116. The van der Waals surface area contributed by atoms with Crippen molar-refractivity contribution >= 4 is 31.7 Å². The van der Waals surface area contributed by atoms with Crippen LogP contribution < -0.4 is 15.4 Å². The van der Waals surface area contributed by atoms with Crippen LogP contribution in [0.2, 0.25) is 18.1 Å². The Hall–Kier alpha value is -3.62. The van der Waals surface area contributed by atoms with Crippen molar-refractivity contribution in [1.29, 1.82) is 0 Å². The number of carbonyl (C=O) groups is 2. The Morgan fingerprint density at radius 3 is 2.18 bits per heavy atom. The van der Waals surface area contributed by atoms with E-state index in [1.54, 1.807) is 13.2 Å². The van der Waals surface area contributed by atoms with Gasteiger partial charge < -0.3 is 19.6 Å². The Morgan fingerprint density at radius 1 is 0.895 bits per heavy atom. The van der Waals surface area contributed by atoms with E-state index in [0.29, 0.717) is 30.2 Å². The van der Waals surface area contributed by atoms with Crippen molar-refractivity contribution in [3.8, 4) is 16.9 Å². The Morgan fingerprint density at radius 2 is 1.55 bits per heavy atom. The molecule has 0 spiro atoms. The molecular formula is C30H38N2O5Si. The topological polar surface area (TPSA) is 96.9 Å². The van der Waals surface area contributed by atoms with Crippen LogP contribution in [-0.4, -0.2) is 32.5 Å². The van der Waals surface area contributed by atoms with Crippen LogP contribution in [0.4, 0.5) is 16.2 Å². The van der Waals surface area contributed by atoms with Gasteiger partial charge in [0.1, 0.15) is 5.75 Å². The second-order valence-corrected chi connectivity index (χ2v) is 15.6. The average Bonchev–Trinajstić information content (AvgIpc) is 2.86. The van der Waals surface area contributed by atoms with Crippen molar-refractivity contribution in [3.63, 3.8) is 0 Å². The van der Waals surface area contributed by atoms with Gasteiger partial charge in [-0.2, -0.15) is 0 Å². The van der Waals surface area contributed by atoms with Gasteiger partial charge in [-0.15, -0.1) is 0 Å². The summed E-state index contributed by atoms with van der Waals surface area (Å²) >= 11 is 0. The first-order chi connectivity index (χ1) is 17.9. The second kappa shape index (κ2) is 12.3. The lowest BCUT2D eigenvalue weighted by Crippen LogP contribution is -2.40. The van der Waals surface area contributed by atoms with E-state index in [1.165, 1.54) is 0 Å². The molecule has 0 aliphatic rings. The molecule has 2 amide bonds. The molecule has 3 rings (SSSR count). The van der Waals surface area contributed by atoms with Crippen LogP contribution >= 0.6 is 0 Å². The van der Waals surface area contributed by atoms with Crippen LogP contribution in [0.25, 0.3) is 11.1 Å². The SMILES string of the molecule is COc1ccc(CO[Si](C)(C)C(C)(C)C)cc1NC(=O)CCc1ccc(-c2ccccc2)c(NC(=O)O)c1. The number of carbonyl (C=O) groups excluding carboxylic acids is 1. The van der Waals surface area contributed by atoms with E-state index in [2.05, 4.69) is 44.5 Å². The molecule has 0 aliphatic carbocycles. The molecule has 38 heavy (non-hydrogen) atoms. The standard InChI is InChI=1S/C30H38N2O5Si/c1-30(2,3)38(5,6)37-20-22-13-16-27(36-4)26(19-22)31-28(33)17-14-21-12-15-24(23-10-8-7-9-11-23)25(18-21)32-29(34)35/h7-13,15-16,18-19,32H,14,17,20H2,1-6H3,(H,31,33)(H,34,35). The summed E-state index contributed by atoms with van der Waals surface area (Å²) in [5.74, 6) is 0.417. The molecule has 0 unspecified atom stereocenters. The maximum Gasteiger partial charge on any atom is 0.409 e. The fourth-order valence-electron chi connectivity index (χ4n) is 3.73. The summed E-state index contributed by atoms with van der Waals surface area (Å²) in [6.07, 6.45) is -0.460. The molecule has 3 N–H and O–H groups in total. The second-order valence-electron chi connectivity index (χ2n) is 10.8. The third-order valence-corrected chi connectivity index (χ3v) is 11.5. The molecule has 3 aromatic carbocycles. The van der Waals surface area contributed by atoms with Gasteiger partial charge in [0.05, 0.1) is 25.1 Å². The highest BCUT2D eigenvalue weighted by molar-refractivity contribution is 6.74. The molecule has 0 atom stereocenters. The largest absolute Gasteiger partial charge is 0.495 e. The molecular weight excluding hydrogens is 496 g/mol. The third-order valence-electron chi connectivity index (χ3n) is 6.99. The highest BCUT2D eigenvalue weighted by Gasteiger charge is 2.37. The van der Waals surface area contributed by atoms with Gasteiger partial charge in [-0.25, -0.2) is 4.79 Å². The van der Waals surface area contributed by atoms with Gasteiger partial charge in [0.15, 0.2) is 8.32 Å². The van der Waals surface area contributed by atoms with Gasteiger partial charge in [0.2, 0.25) is 5.91 Å². The summed E-state index contributed by atoms with van der Waals surface area (Å²) in [4.78, 5) is 24.2. The Kier molecular flexibility index (Phi) is 9.35. The summed E-state index contributed by atoms with van der Waals surface area (Å²) in [5, 5.41) is 14.9. The van der Waals surface area contributed by atoms with Gasteiger partial charge in [0.25, 0.3) is 0 Å². The molecule has 0 bridgehead atoms. The number of ether oxygens (including phenoxy) is 1. The van der Waals surface area contributed by atoms with E-state index in [4.69, 9.17) is 9.16 Å². The van der Waals surface area contributed by atoms with Gasteiger partial charge in [-0.3, -0.25) is 10.1 Å². The van der Waals surface area contributed by atoms with Gasteiger partial charge in [-0.1, -0.05) is 69.3 Å². The lowest BCUT2D eigenvalue weighted by atomic mass is 9.99. The molecule has 3 aromatic rings. The molecule has 0 radical (unpaired) electrons. The highest BCUT2D eigenvalue weighted by atomic mass is 28.4. The van der Waals surface area contributed by atoms with Crippen molar-refractivity contribution in [1.82, 2.24) is 0 Å². The smallest absolute Gasteiger partial charge is 0.409 e. The van der Waals surface area contributed by atoms with E-state index in [-0.39, 0.29) is 17.4 Å². The molecule has 0 heterocycles. The first-order valence-electron chi connectivity index (χ1n) is 12.7. The van der Waals surface area contributed by atoms with Crippen LogP contribution in [0.15, 0.2) is 66.7 Å². The summed E-state index contributed by atoms with van der Waals surface area (Å²) in [6.45, 7) is 11.5. The summed E-state index contributed by atoms with van der Waals surface area (Å²) in [6, 6.07) is 20.8. The predicted octanol–water partition coefficient (Wildman–Crippen LogP) is 7.55. The van der Waals surface area contributed by atoms with Crippen molar-refractivity contribution < 1.29 is 23.9 Å². The van der Waals surface area contributed by atoms with E-state index in [0.717, 1.165) is 22.3 Å². The molecule has 0 aliphatic heterocycles. The summed E-state index contributed by atoms with van der Waals surface area (Å²) in [5.41, 5.74) is 4.59. The Balaban J connectivity index is 1.69. The number of anilines is 2. The zero-order chi connectivity index (χ0) is 27.9. The number of methoxy groups -OCH3 is 1. The normalized spacial score (nSPS) is 11.6. The summed E-state index contributed by atoms with van der Waals surface area (Å²) in [7, 11) is -0.339. The maximum atomic E-state index is 12.9. The first-order valence-corrected chi connectivity index (χ1v) is 15.6. The molecule has 8 heteroatoms. The van der Waals surface area contributed by atoms with Crippen LogP contribution in [0.5, 0.6) is 5.75 Å². The van der Waals surface area contributed by atoms with Crippen molar-refractivity contribution in [2.75, 3.05) is 17.7 Å². The number of hydrogen-bond donors (Lipinski definition) is 3. The Bertz CT molecular complexity index is 1270. The highest BCUT2D eigenvalue weighted by Crippen LogP contribution is 2.37. The lowest BCUT2D eigenvalue weighted by Gasteiger charge is -2.36. The van der Waals surface area contributed by atoms with Gasteiger partial charge in [0, 0.05) is 12.0 Å².